The van der Waals surface area contributed by atoms with Crippen LogP contribution in [0.25, 0.3) is 0 Å². The minimum atomic E-state index is -0.197. The Balaban J connectivity index is 1.49. The molecule has 0 spiro atoms. The first-order valence-electron chi connectivity index (χ1n) is 8.91. The molecule has 2 N–H and O–H groups in total. The van der Waals surface area contributed by atoms with Gasteiger partial charge >= 0.3 is 0 Å². The van der Waals surface area contributed by atoms with Crippen molar-refractivity contribution < 1.29 is 5.11 Å². The predicted octanol–water partition coefficient (Wildman–Crippen LogP) is 0.925. The number of rotatable bonds is 4. The molecule has 128 valence electrons. The maximum atomic E-state index is 11.8. The van der Waals surface area contributed by atoms with Crippen molar-refractivity contribution >= 4 is 0 Å². The van der Waals surface area contributed by atoms with Crippen molar-refractivity contribution in [3.63, 3.8) is 0 Å². The van der Waals surface area contributed by atoms with E-state index < -0.39 is 0 Å². The van der Waals surface area contributed by atoms with E-state index in [0.717, 1.165) is 58.4 Å². The van der Waals surface area contributed by atoms with E-state index in [9.17, 15) is 9.90 Å². The minimum absolute atomic E-state index is 0.0752. The third-order valence-electron chi connectivity index (χ3n) is 5.56. The lowest BCUT2D eigenvalue weighted by Crippen LogP contribution is -2.43. The van der Waals surface area contributed by atoms with Crippen LogP contribution in [0, 0.1) is 5.92 Å². The van der Waals surface area contributed by atoms with Gasteiger partial charge in [0.25, 0.3) is 5.56 Å². The third kappa shape index (κ3) is 4.22. The van der Waals surface area contributed by atoms with Crippen molar-refractivity contribution in [2.24, 2.45) is 13.0 Å². The zero-order valence-electron chi connectivity index (χ0n) is 14.1. The number of aryl methyl sites for hydroxylation is 1. The van der Waals surface area contributed by atoms with E-state index in [1.807, 2.05) is 6.20 Å². The second kappa shape index (κ2) is 7.60. The SMILES string of the molecule is Cn1ccc(C2CCN(CC(O)C3CCNCC3)CC2)cc1=O. The van der Waals surface area contributed by atoms with Crippen LogP contribution in [0.4, 0.5) is 0 Å². The topological polar surface area (TPSA) is 57.5 Å². The van der Waals surface area contributed by atoms with Crippen molar-refractivity contribution in [2.45, 2.75) is 37.7 Å². The highest BCUT2D eigenvalue weighted by Crippen LogP contribution is 2.28. The van der Waals surface area contributed by atoms with E-state index in [-0.39, 0.29) is 11.7 Å². The van der Waals surface area contributed by atoms with Gasteiger partial charge < -0.3 is 19.9 Å². The number of nitrogens with one attached hydrogen (secondary N) is 1. The first kappa shape index (κ1) is 16.7. The summed E-state index contributed by atoms with van der Waals surface area (Å²) >= 11 is 0. The van der Waals surface area contributed by atoms with Gasteiger partial charge in [0, 0.05) is 25.9 Å². The Morgan fingerprint density at radius 3 is 2.61 bits per heavy atom. The average Bonchev–Trinajstić information content (AvgIpc) is 2.59. The van der Waals surface area contributed by atoms with Gasteiger partial charge in [-0.05, 0) is 75.3 Å². The Labute approximate surface area is 138 Å². The second-order valence-corrected chi connectivity index (χ2v) is 7.14. The summed E-state index contributed by atoms with van der Waals surface area (Å²) in [5, 5.41) is 13.8. The van der Waals surface area contributed by atoms with E-state index in [2.05, 4.69) is 16.3 Å². The molecule has 0 saturated carbocycles. The van der Waals surface area contributed by atoms with Gasteiger partial charge in [0.05, 0.1) is 6.10 Å². The average molecular weight is 319 g/mol. The van der Waals surface area contributed by atoms with E-state index in [4.69, 9.17) is 0 Å². The Kier molecular flexibility index (Phi) is 5.51. The molecular formula is C18H29N3O2. The molecule has 0 bridgehead atoms. The normalized spacial score (nSPS) is 23.0. The number of aromatic nitrogens is 1. The van der Waals surface area contributed by atoms with Gasteiger partial charge in [0.15, 0.2) is 0 Å². The molecule has 3 rings (SSSR count). The van der Waals surface area contributed by atoms with Crippen LogP contribution in [-0.4, -0.2) is 53.4 Å². The number of pyridine rings is 1. The highest BCUT2D eigenvalue weighted by molar-refractivity contribution is 5.17. The minimum Gasteiger partial charge on any atom is -0.392 e. The van der Waals surface area contributed by atoms with Crippen LogP contribution in [-0.2, 0) is 7.05 Å². The van der Waals surface area contributed by atoms with Crippen LogP contribution in [0.3, 0.4) is 0 Å². The summed E-state index contributed by atoms with van der Waals surface area (Å²) in [7, 11) is 1.79. The standard InChI is InChI=1S/C18H29N3O2/c1-20-9-4-16(12-18(20)23)14-5-10-21(11-6-14)13-17(22)15-2-7-19-8-3-15/h4,9,12,14-15,17,19,22H,2-3,5-8,10-11,13H2,1H3. The smallest absolute Gasteiger partial charge is 0.250 e. The van der Waals surface area contributed by atoms with Crippen molar-refractivity contribution in [3.05, 3.63) is 34.2 Å². The lowest BCUT2D eigenvalue weighted by molar-refractivity contribution is 0.0426. The van der Waals surface area contributed by atoms with Crippen LogP contribution in [0.1, 0.15) is 37.2 Å². The second-order valence-electron chi connectivity index (χ2n) is 7.14. The number of likely N-dealkylation sites (tertiary alicyclic amines) is 1. The summed E-state index contributed by atoms with van der Waals surface area (Å²) in [6.07, 6.45) is 6.00. The monoisotopic (exact) mass is 319 g/mol. The molecule has 1 aromatic heterocycles. The summed E-state index contributed by atoms with van der Waals surface area (Å²) in [4.78, 5) is 14.2. The molecular weight excluding hydrogens is 290 g/mol. The molecule has 0 aliphatic carbocycles. The van der Waals surface area contributed by atoms with E-state index in [1.54, 1.807) is 17.7 Å². The van der Waals surface area contributed by atoms with Crippen LogP contribution >= 0.6 is 0 Å². The fraction of sp³-hybridized carbons (Fsp3) is 0.722. The lowest BCUT2D eigenvalue weighted by atomic mass is 9.88. The van der Waals surface area contributed by atoms with Crippen LogP contribution < -0.4 is 10.9 Å². The van der Waals surface area contributed by atoms with Gasteiger partial charge in [0.1, 0.15) is 0 Å². The van der Waals surface area contributed by atoms with Crippen molar-refractivity contribution in [1.82, 2.24) is 14.8 Å². The van der Waals surface area contributed by atoms with E-state index in [0.29, 0.717) is 11.8 Å². The maximum Gasteiger partial charge on any atom is 0.250 e. The number of hydrogen-bond acceptors (Lipinski definition) is 4. The Bertz CT molecular complexity index is 558. The lowest BCUT2D eigenvalue weighted by Gasteiger charge is -2.36. The number of aliphatic hydroxyl groups excluding tert-OH is 1. The van der Waals surface area contributed by atoms with Gasteiger partial charge in [-0.3, -0.25) is 4.79 Å². The van der Waals surface area contributed by atoms with E-state index in [1.165, 1.54) is 5.56 Å². The molecule has 0 radical (unpaired) electrons. The zero-order valence-corrected chi connectivity index (χ0v) is 14.1. The number of hydrogen-bond donors (Lipinski definition) is 2. The first-order chi connectivity index (χ1) is 11.1. The fourth-order valence-corrected chi connectivity index (χ4v) is 3.91. The molecule has 2 aliphatic rings. The molecule has 1 aromatic rings. The summed E-state index contributed by atoms with van der Waals surface area (Å²) in [6.45, 7) is 4.90. The molecule has 2 saturated heterocycles. The Morgan fingerprint density at radius 2 is 1.96 bits per heavy atom. The summed E-state index contributed by atoms with van der Waals surface area (Å²) in [6, 6.07) is 3.86. The molecule has 1 atom stereocenters. The fourth-order valence-electron chi connectivity index (χ4n) is 3.91. The van der Waals surface area contributed by atoms with Gasteiger partial charge in [0.2, 0.25) is 0 Å². The van der Waals surface area contributed by atoms with Gasteiger partial charge in [-0.1, -0.05) is 0 Å². The zero-order chi connectivity index (χ0) is 16.2. The molecule has 0 aromatic carbocycles. The van der Waals surface area contributed by atoms with Crippen molar-refractivity contribution in [2.75, 3.05) is 32.7 Å². The number of nitrogens with zero attached hydrogens (tertiary/aromatic N) is 2. The highest BCUT2D eigenvalue weighted by atomic mass is 16.3. The molecule has 5 nitrogen and oxygen atoms in total. The van der Waals surface area contributed by atoms with Crippen LogP contribution in [0.5, 0.6) is 0 Å². The number of β-amino-alcohol motifs (C(OH)–C–C–N with tert-alkyl or cyclic N) is 1. The van der Waals surface area contributed by atoms with Gasteiger partial charge in [-0.2, -0.15) is 0 Å². The summed E-state index contributed by atoms with van der Waals surface area (Å²) < 4.78 is 1.62. The molecule has 2 aliphatic heterocycles. The molecule has 2 fully saturated rings. The molecule has 3 heterocycles. The molecule has 1 unspecified atom stereocenters. The Morgan fingerprint density at radius 1 is 1.26 bits per heavy atom. The quantitative estimate of drug-likeness (QED) is 0.867. The summed E-state index contributed by atoms with van der Waals surface area (Å²) in [5.41, 5.74) is 1.25. The molecule has 0 amide bonds. The van der Waals surface area contributed by atoms with E-state index >= 15 is 0 Å². The van der Waals surface area contributed by atoms with Crippen LogP contribution in [0.15, 0.2) is 23.1 Å². The maximum absolute atomic E-state index is 11.8. The predicted molar refractivity (Wildman–Crippen MR) is 91.7 cm³/mol. The molecule has 5 heteroatoms. The largest absolute Gasteiger partial charge is 0.392 e. The third-order valence-corrected chi connectivity index (χ3v) is 5.56. The first-order valence-corrected chi connectivity index (χ1v) is 8.91. The van der Waals surface area contributed by atoms with Crippen molar-refractivity contribution in [1.29, 1.82) is 0 Å². The van der Waals surface area contributed by atoms with Crippen LogP contribution in [0.2, 0.25) is 0 Å². The van der Waals surface area contributed by atoms with Gasteiger partial charge in [-0.15, -0.1) is 0 Å². The van der Waals surface area contributed by atoms with Gasteiger partial charge in [-0.25, -0.2) is 0 Å². The molecule has 23 heavy (non-hydrogen) atoms. The number of piperidine rings is 2. The summed E-state index contributed by atoms with van der Waals surface area (Å²) in [5.74, 6) is 0.933. The number of aliphatic hydroxyl groups is 1. The van der Waals surface area contributed by atoms with Crippen molar-refractivity contribution in [3.8, 4) is 0 Å². The Hall–Kier alpha value is -1.17. The highest BCUT2D eigenvalue weighted by Gasteiger charge is 2.26.